The van der Waals surface area contributed by atoms with Gasteiger partial charge in [-0.3, -0.25) is 4.79 Å². The number of carboxylic acids is 1. The minimum atomic E-state index is -1.02. The van der Waals surface area contributed by atoms with Gasteiger partial charge in [-0.25, -0.2) is 9.52 Å². The van der Waals surface area contributed by atoms with Crippen molar-refractivity contribution in [2.24, 2.45) is 0 Å². The summed E-state index contributed by atoms with van der Waals surface area (Å²) in [5.41, 5.74) is 2.59. The molecule has 1 saturated carbocycles. The van der Waals surface area contributed by atoms with Crippen LogP contribution in [-0.2, 0) is 9.53 Å². The highest BCUT2D eigenvalue weighted by Crippen LogP contribution is 2.53. The van der Waals surface area contributed by atoms with Gasteiger partial charge >= 0.3 is 12.1 Å². The number of amides is 1. The molecule has 1 saturated heterocycles. The SMILES string of the molecule is CC(C)(C)OC(=O)N1CCC(Nc2cccc(C3CC3(NSc3ccc(-c4ccc(Cl)cc4)cc3)C(=O)O)c2)CC1. The summed E-state index contributed by atoms with van der Waals surface area (Å²) < 4.78 is 8.76. The van der Waals surface area contributed by atoms with Crippen molar-refractivity contribution < 1.29 is 19.4 Å². The highest BCUT2D eigenvalue weighted by atomic mass is 35.5. The lowest BCUT2D eigenvalue weighted by molar-refractivity contribution is -0.140. The monoisotopic (exact) mass is 593 g/mol. The number of likely N-dealkylation sites (tertiary alicyclic amines) is 1. The quantitative estimate of drug-likeness (QED) is 0.234. The maximum absolute atomic E-state index is 12.4. The van der Waals surface area contributed by atoms with Crippen LogP contribution in [0.3, 0.4) is 0 Å². The van der Waals surface area contributed by atoms with Gasteiger partial charge in [-0.2, -0.15) is 0 Å². The third-order valence-corrected chi connectivity index (χ3v) is 8.76. The Labute approximate surface area is 250 Å². The molecule has 7 nitrogen and oxygen atoms in total. The largest absolute Gasteiger partial charge is 0.480 e. The van der Waals surface area contributed by atoms with Crippen molar-refractivity contribution in [2.75, 3.05) is 18.4 Å². The summed E-state index contributed by atoms with van der Waals surface area (Å²) in [6.45, 7) is 6.90. The highest BCUT2D eigenvalue weighted by molar-refractivity contribution is 7.97. The number of rotatable bonds is 8. The van der Waals surface area contributed by atoms with E-state index in [1.165, 1.54) is 11.9 Å². The van der Waals surface area contributed by atoms with Gasteiger partial charge in [0, 0.05) is 40.7 Å². The fraction of sp³-hybridized carbons (Fsp3) is 0.375. The van der Waals surface area contributed by atoms with E-state index in [1.807, 2.05) is 87.5 Å². The predicted molar refractivity (Wildman–Crippen MR) is 164 cm³/mol. The molecule has 41 heavy (non-hydrogen) atoms. The summed E-state index contributed by atoms with van der Waals surface area (Å²) in [6.07, 6.45) is 1.90. The van der Waals surface area contributed by atoms with E-state index in [4.69, 9.17) is 16.3 Å². The summed E-state index contributed by atoms with van der Waals surface area (Å²) >= 11 is 7.35. The smallest absolute Gasteiger partial charge is 0.410 e. The number of benzene rings is 3. The molecule has 5 rings (SSSR count). The van der Waals surface area contributed by atoms with E-state index in [1.54, 1.807) is 4.90 Å². The minimum absolute atomic E-state index is 0.128. The van der Waals surface area contributed by atoms with Crippen LogP contribution in [0.15, 0.2) is 77.7 Å². The Morgan fingerprint density at radius 3 is 2.24 bits per heavy atom. The molecule has 0 radical (unpaired) electrons. The normalized spacial score (nSPS) is 20.9. The highest BCUT2D eigenvalue weighted by Gasteiger charge is 2.61. The number of carbonyl (C=O) groups is 2. The molecule has 3 aromatic carbocycles. The molecule has 2 unspecified atom stereocenters. The van der Waals surface area contributed by atoms with Crippen LogP contribution in [0.25, 0.3) is 11.1 Å². The maximum atomic E-state index is 12.4. The molecule has 0 spiro atoms. The molecule has 1 aliphatic carbocycles. The van der Waals surface area contributed by atoms with E-state index in [0.29, 0.717) is 24.5 Å². The van der Waals surface area contributed by atoms with Crippen molar-refractivity contribution in [3.05, 3.63) is 83.4 Å². The summed E-state index contributed by atoms with van der Waals surface area (Å²) in [5.74, 6) is -0.975. The first-order chi connectivity index (χ1) is 19.5. The topological polar surface area (TPSA) is 90.9 Å². The second-order valence-electron chi connectivity index (χ2n) is 11.8. The summed E-state index contributed by atoms with van der Waals surface area (Å²) in [5, 5.41) is 14.4. The van der Waals surface area contributed by atoms with Crippen LogP contribution in [0.2, 0.25) is 5.02 Å². The molecule has 3 aromatic rings. The number of hydrogen-bond acceptors (Lipinski definition) is 6. The van der Waals surface area contributed by atoms with Gasteiger partial charge < -0.3 is 20.1 Å². The maximum Gasteiger partial charge on any atom is 0.410 e. The first-order valence-electron chi connectivity index (χ1n) is 13.9. The third kappa shape index (κ3) is 7.18. The van der Waals surface area contributed by atoms with E-state index in [9.17, 15) is 14.7 Å². The van der Waals surface area contributed by atoms with Gasteiger partial charge in [0.05, 0.1) is 0 Å². The molecule has 3 N–H and O–H groups in total. The summed E-state index contributed by atoms with van der Waals surface area (Å²) in [7, 11) is 0. The first kappa shape index (κ1) is 29.3. The molecule has 9 heteroatoms. The fourth-order valence-electron chi connectivity index (χ4n) is 5.18. The molecule has 1 aliphatic heterocycles. The van der Waals surface area contributed by atoms with Gasteiger partial charge in [-0.05, 0) is 105 Å². The van der Waals surface area contributed by atoms with Crippen LogP contribution in [-0.4, -0.2) is 52.3 Å². The number of piperidine rings is 1. The fourth-order valence-corrected chi connectivity index (χ4v) is 6.19. The van der Waals surface area contributed by atoms with Crippen molar-refractivity contribution in [1.82, 2.24) is 9.62 Å². The zero-order chi connectivity index (χ0) is 29.2. The number of carbonyl (C=O) groups excluding carboxylic acids is 1. The van der Waals surface area contributed by atoms with E-state index < -0.39 is 17.1 Å². The van der Waals surface area contributed by atoms with Crippen molar-refractivity contribution >= 4 is 41.3 Å². The third-order valence-electron chi connectivity index (χ3n) is 7.53. The number of carboxylic acid groups (broad SMARTS) is 1. The number of hydrogen-bond donors (Lipinski definition) is 3. The summed E-state index contributed by atoms with van der Waals surface area (Å²) in [6, 6.07) is 24.0. The van der Waals surface area contributed by atoms with E-state index in [-0.39, 0.29) is 18.1 Å². The average Bonchev–Trinajstić information content (AvgIpc) is 3.69. The number of anilines is 1. The average molecular weight is 594 g/mol. The van der Waals surface area contributed by atoms with E-state index in [2.05, 4.69) is 16.1 Å². The van der Waals surface area contributed by atoms with Crippen LogP contribution in [0, 0.1) is 0 Å². The first-order valence-corrected chi connectivity index (χ1v) is 15.1. The van der Waals surface area contributed by atoms with E-state index in [0.717, 1.165) is 40.1 Å². The van der Waals surface area contributed by atoms with Crippen LogP contribution >= 0.6 is 23.5 Å². The Morgan fingerprint density at radius 2 is 1.63 bits per heavy atom. The van der Waals surface area contributed by atoms with Gasteiger partial charge in [0.2, 0.25) is 0 Å². The van der Waals surface area contributed by atoms with Gasteiger partial charge in [0.15, 0.2) is 0 Å². The Balaban J connectivity index is 1.17. The molecular weight excluding hydrogens is 558 g/mol. The lowest BCUT2D eigenvalue weighted by Crippen LogP contribution is -2.44. The van der Waals surface area contributed by atoms with Crippen molar-refractivity contribution in [1.29, 1.82) is 0 Å². The van der Waals surface area contributed by atoms with Crippen molar-refractivity contribution in [3.8, 4) is 11.1 Å². The van der Waals surface area contributed by atoms with Gasteiger partial charge in [0.1, 0.15) is 11.1 Å². The lowest BCUT2D eigenvalue weighted by atomic mass is 10.0. The molecule has 2 atom stereocenters. The van der Waals surface area contributed by atoms with Crippen LogP contribution in [0.4, 0.5) is 10.5 Å². The van der Waals surface area contributed by atoms with Gasteiger partial charge in [0.25, 0.3) is 0 Å². The van der Waals surface area contributed by atoms with Crippen LogP contribution in [0.1, 0.15) is 51.5 Å². The number of aliphatic carboxylic acids is 1. The lowest BCUT2D eigenvalue weighted by Gasteiger charge is -2.34. The number of nitrogens with one attached hydrogen (secondary N) is 2. The summed E-state index contributed by atoms with van der Waals surface area (Å²) in [4.78, 5) is 27.5. The van der Waals surface area contributed by atoms with Crippen LogP contribution in [0.5, 0.6) is 0 Å². The standard InChI is InChI=1S/C32H36ClN3O4S/c1-31(2,3)40-30(39)36-17-15-25(16-18-36)34-26-6-4-5-23(19-26)28-20-32(28,29(37)38)35-41-27-13-9-22(10-14-27)21-7-11-24(33)12-8-21/h4-14,19,25,28,34-35H,15-18,20H2,1-3H3,(H,37,38). The molecule has 216 valence electrons. The van der Waals surface area contributed by atoms with Gasteiger partial charge in [-0.15, -0.1) is 0 Å². The second-order valence-corrected chi connectivity index (χ2v) is 13.1. The second kappa shape index (κ2) is 12.0. The number of nitrogens with zero attached hydrogens (tertiary/aromatic N) is 1. The zero-order valence-corrected chi connectivity index (χ0v) is 25.1. The van der Waals surface area contributed by atoms with Gasteiger partial charge in [-0.1, -0.05) is 48.0 Å². The number of ether oxygens (including phenoxy) is 1. The molecule has 1 heterocycles. The minimum Gasteiger partial charge on any atom is -0.480 e. The molecule has 0 aromatic heterocycles. The van der Waals surface area contributed by atoms with Crippen molar-refractivity contribution in [2.45, 2.75) is 68.0 Å². The predicted octanol–water partition coefficient (Wildman–Crippen LogP) is 7.43. The Bertz CT molecular complexity index is 1390. The Kier molecular flexibility index (Phi) is 8.55. The molecule has 2 aliphatic rings. The number of halogens is 1. The zero-order valence-electron chi connectivity index (χ0n) is 23.5. The molecule has 1 amide bonds. The molecule has 0 bridgehead atoms. The van der Waals surface area contributed by atoms with Crippen LogP contribution < -0.4 is 10.0 Å². The van der Waals surface area contributed by atoms with Crippen molar-refractivity contribution in [3.63, 3.8) is 0 Å². The molecule has 2 fully saturated rings. The van der Waals surface area contributed by atoms with E-state index >= 15 is 0 Å². The molecular formula is C32H36ClN3O4S. The Hall–Kier alpha value is -3.20. The Morgan fingerprint density at radius 1 is 1.00 bits per heavy atom.